The van der Waals surface area contributed by atoms with Gasteiger partial charge in [0.1, 0.15) is 0 Å². The van der Waals surface area contributed by atoms with E-state index < -0.39 is 0 Å². The van der Waals surface area contributed by atoms with E-state index in [1.807, 2.05) is 0 Å². The summed E-state index contributed by atoms with van der Waals surface area (Å²) in [6, 6.07) is 0. The smallest absolute Gasteiger partial charge is 0.224 e. The molecule has 2 N–H and O–H groups in total. The summed E-state index contributed by atoms with van der Waals surface area (Å²) < 4.78 is 0. The van der Waals surface area contributed by atoms with E-state index in [1.165, 1.54) is 6.42 Å². The molecule has 0 radical (unpaired) electrons. The third-order valence-electron chi connectivity index (χ3n) is 1.79. The van der Waals surface area contributed by atoms with Crippen LogP contribution in [0.4, 0.5) is 0 Å². The first-order valence-electron chi connectivity index (χ1n) is 5.68. The lowest BCUT2D eigenvalue weighted by Crippen LogP contribution is -2.35. The van der Waals surface area contributed by atoms with Crippen LogP contribution in [0.3, 0.4) is 0 Å². The Balaban J connectivity index is 0. The van der Waals surface area contributed by atoms with Crippen molar-refractivity contribution in [2.45, 2.75) is 39.0 Å². The number of amides is 2. The molecule has 0 aromatic carbocycles. The number of nitrogens with one attached hydrogen (secondary N) is 2. The molecule has 2 amide bonds. The Bertz CT molecular complexity index is 222. The molecular formula is C11H24N2O2S2. The van der Waals surface area contributed by atoms with E-state index >= 15 is 0 Å². The Hall–Kier alpha value is -0.360. The number of rotatable bonds is 5. The van der Waals surface area contributed by atoms with Crippen LogP contribution in [-0.2, 0) is 9.59 Å². The zero-order chi connectivity index (χ0) is 13.8. The molecule has 0 saturated carbocycles. The number of hydrogen-bond acceptors (Lipinski definition) is 4. The molecule has 6 heteroatoms. The minimum Gasteiger partial charge on any atom is -0.359 e. The van der Waals surface area contributed by atoms with Crippen molar-refractivity contribution in [3.05, 3.63) is 0 Å². The predicted molar refractivity (Wildman–Crippen MR) is 78.6 cm³/mol. The molecule has 2 atom stereocenters. The van der Waals surface area contributed by atoms with Crippen molar-refractivity contribution in [3.8, 4) is 0 Å². The Labute approximate surface area is 115 Å². The van der Waals surface area contributed by atoms with Gasteiger partial charge in [0, 0.05) is 19.4 Å². The highest BCUT2D eigenvalue weighted by Crippen LogP contribution is 2.02. The third kappa shape index (κ3) is 13.6. The first kappa shape index (κ1) is 19.0. The highest BCUT2D eigenvalue weighted by molar-refractivity contribution is 7.80. The number of carbonyl (C=O) groups excluding carboxylic acids is 2. The maximum absolute atomic E-state index is 11.3. The second-order valence-electron chi connectivity index (χ2n) is 3.69. The van der Waals surface area contributed by atoms with Crippen molar-refractivity contribution in [3.63, 3.8) is 0 Å². The summed E-state index contributed by atoms with van der Waals surface area (Å²) in [5.74, 6) is 0.426. The molecule has 0 fully saturated rings. The van der Waals surface area contributed by atoms with Crippen LogP contribution in [0.5, 0.6) is 0 Å². The van der Waals surface area contributed by atoms with Gasteiger partial charge in [0.05, 0.1) is 5.37 Å². The Morgan fingerprint density at radius 2 is 1.76 bits per heavy atom. The van der Waals surface area contributed by atoms with E-state index in [0.29, 0.717) is 0 Å². The molecule has 0 aromatic rings. The summed E-state index contributed by atoms with van der Waals surface area (Å²) in [7, 11) is 1.55. The Morgan fingerprint density at radius 3 is 2.06 bits per heavy atom. The van der Waals surface area contributed by atoms with Gasteiger partial charge in [-0.25, -0.2) is 0 Å². The van der Waals surface area contributed by atoms with Gasteiger partial charge in [0.15, 0.2) is 0 Å². The summed E-state index contributed by atoms with van der Waals surface area (Å²) >= 11 is 7.93. The van der Waals surface area contributed by atoms with Crippen LogP contribution >= 0.6 is 25.3 Å². The van der Waals surface area contributed by atoms with E-state index in [9.17, 15) is 9.59 Å². The first-order valence-corrected chi connectivity index (χ1v) is 6.83. The zero-order valence-electron chi connectivity index (χ0n) is 11.0. The van der Waals surface area contributed by atoms with Gasteiger partial charge in [-0.1, -0.05) is 13.8 Å². The minimum atomic E-state index is -0.311. The predicted octanol–water partition coefficient (Wildman–Crippen LogP) is 1.48. The van der Waals surface area contributed by atoms with Crippen LogP contribution < -0.4 is 10.6 Å². The van der Waals surface area contributed by atoms with Crippen LogP contribution in [0.15, 0.2) is 0 Å². The molecule has 0 aliphatic carbocycles. The highest BCUT2D eigenvalue weighted by atomic mass is 32.1. The molecule has 0 bridgehead atoms. The van der Waals surface area contributed by atoms with Crippen LogP contribution in [0.1, 0.15) is 33.6 Å². The molecule has 0 aliphatic heterocycles. The SMILES string of the molecule is CCCS.CNC(=O)CC(C)C(=O)NC(C)S. The number of thiol groups is 2. The summed E-state index contributed by atoms with van der Waals surface area (Å²) in [6.07, 6.45) is 1.39. The molecule has 0 heterocycles. The van der Waals surface area contributed by atoms with Crippen LogP contribution in [-0.4, -0.2) is 30.0 Å². The summed E-state index contributed by atoms with van der Waals surface area (Å²) in [6.45, 7) is 5.57. The summed E-state index contributed by atoms with van der Waals surface area (Å²) in [5, 5.41) is 4.90. The molecule has 0 rings (SSSR count). The van der Waals surface area contributed by atoms with Crippen molar-refractivity contribution in [1.82, 2.24) is 10.6 Å². The summed E-state index contributed by atoms with van der Waals surface area (Å²) in [5.41, 5.74) is 0. The van der Waals surface area contributed by atoms with E-state index in [1.54, 1.807) is 20.9 Å². The van der Waals surface area contributed by atoms with Crippen molar-refractivity contribution >= 4 is 37.1 Å². The topological polar surface area (TPSA) is 58.2 Å². The fourth-order valence-corrected chi connectivity index (χ4v) is 0.948. The van der Waals surface area contributed by atoms with Gasteiger partial charge in [0.25, 0.3) is 0 Å². The van der Waals surface area contributed by atoms with Crippen LogP contribution in [0.25, 0.3) is 0 Å². The highest BCUT2D eigenvalue weighted by Gasteiger charge is 2.16. The molecule has 0 aliphatic rings. The largest absolute Gasteiger partial charge is 0.359 e. The van der Waals surface area contributed by atoms with Crippen LogP contribution in [0.2, 0.25) is 0 Å². The van der Waals surface area contributed by atoms with Crippen molar-refractivity contribution in [2.24, 2.45) is 5.92 Å². The maximum Gasteiger partial charge on any atom is 0.224 e. The molecule has 0 saturated heterocycles. The standard InChI is InChI=1S/C8H16N2O2S.C3H8S/c1-5(4-7(11)9-3)8(12)10-6(2)13;1-2-3-4/h5-6,13H,4H2,1-3H3,(H,9,11)(H,10,12);4H,2-3H2,1H3. The Kier molecular flexibility index (Phi) is 13.5. The van der Waals surface area contributed by atoms with Gasteiger partial charge in [0.2, 0.25) is 11.8 Å². The third-order valence-corrected chi connectivity index (χ3v) is 2.37. The minimum absolute atomic E-state index is 0.130. The number of carbonyl (C=O) groups is 2. The molecule has 2 unspecified atom stereocenters. The lowest BCUT2D eigenvalue weighted by atomic mass is 10.1. The van der Waals surface area contributed by atoms with Gasteiger partial charge < -0.3 is 10.6 Å². The van der Waals surface area contributed by atoms with Crippen molar-refractivity contribution in [2.75, 3.05) is 12.8 Å². The molecule has 17 heavy (non-hydrogen) atoms. The zero-order valence-corrected chi connectivity index (χ0v) is 12.8. The molecule has 0 spiro atoms. The molecule has 0 aromatic heterocycles. The molecule has 102 valence electrons. The van der Waals surface area contributed by atoms with E-state index in [4.69, 9.17) is 0 Å². The maximum atomic E-state index is 11.3. The second kappa shape index (κ2) is 12.1. The van der Waals surface area contributed by atoms with E-state index in [2.05, 4.69) is 42.8 Å². The van der Waals surface area contributed by atoms with Gasteiger partial charge in [-0.15, -0.1) is 0 Å². The Morgan fingerprint density at radius 1 is 1.29 bits per heavy atom. The van der Waals surface area contributed by atoms with E-state index in [0.717, 1.165) is 5.75 Å². The van der Waals surface area contributed by atoms with Gasteiger partial charge in [-0.05, 0) is 19.1 Å². The normalized spacial score (nSPS) is 12.8. The van der Waals surface area contributed by atoms with Gasteiger partial charge in [-0.2, -0.15) is 25.3 Å². The quantitative estimate of drug-likeness (QED) is 0.455. The van der Waals surface area contributed by atoms with Crippen molar-refractivity contribution in [1.29, 1.82) is 0 Å². The lowest BCUT2D eigenvalue weighted by molar-refractivity contribution is -0.129. The fourth-order valence-electron chi connectivity index (χ4n) is 0.821. The second-order valence-corrected chi connectivity index (χ2v) is 4.91. The fraction of sp³-hybridized carbons (Fsp3) is 0.818. The van der Waals surface area contributed by atoms with Gasteiger partial charge in [-0.3, -0.25) is 9.59 Å². The monoisotopic (exact) mass is 280 g/mol. The molecule has 4 nitrogen and oxygen atoms in total. The average molecular weight is 280 g/mol. The van der Waals surface area contributed by atoms with E-state index in [-0.39, 0.29) is 29.5 Å². The lowest BCUT2D eigenvalue weighted by Gasteiger charge is -2.12. The van der Waals surface area contributed by atoms with Gasteiger partial charge >= 0.3 is 0 Å². The van der Waals surface area contributed by atoms with Crippen molar-refractivity contribution < 1.29 is 9.59 Å². The summed E-state index contributed by atoms with van der Waals surface area (Å²) in [4.78, 5) is 22.2. The average Bonchev–Trinajstić information content (AvgIpc) is 2.28. The first-order chi connectivity index (χ1) is 7.88. The number of hydrogen-bond donors (Lipinski definition) is 4. The van der Waals surface area contributed by atoms with Crippen LogP contribution in [0, 0.1) is 5.92 Å². The molecular weight excluding hydrogens is 256 g/mol.